The molecular formula is C17H25N3O4S. The van der Waals surface area contributed by atoms with Crippen molar-refractivity contribution in [1.82, 2.24) is 14.5 Å². The Bertz CT molecular complexity index is 706. The Kier molecular flexibility index (Phi) is 6.55. The minimum Gasteiger partial charge on any atom is -0.343 e. The maximum absolute atomic E-state index is 12.4. The van der Waals surface area contributed by atoms with Gasteiger partial charge in [-0.15, -0.1) is 0 Å². The van der Waals surface area contributed by atoms with Gasteiger partial charge in [0.2, 0.25) is 15.9 Å². The molecule has 0 radical (unpaired) electrons. The van der Waals surface area contributed by atoms with Crippen LogP contribution in [0.2, 0.25) is 0 Å². The van der Waals surface area contributed by atoms with E-state index in [1.54, 1.807) is 18.7 Å². The highest BCUT2D eigenvalue weighted by Crippen LogP contribution is 2.16. The summed E-state index contributed by atoms with van der Waals surface area (Å²) in [5.41, 5.74) is 0.327. The van der Waals surface area contributed by atoms with E-state index in [-0.39, 0.29) is 23.3 Å². The maximum Gasteiger partial charge on any atom is 0.251 e. The molecule has 0 unspecified atom stereocenters. The van der Waals surface area contributed by atoms with Crippen LogP contribution in [0, 0.1) is 0 Å². The lowest BCUT2D eigenvalue weighted by atomic mass is 10.2. The molecule has 2 rings (SSSR count). The number of nitrogens with zero attached hydrogens (tertiary/aromatic N) is 2. The zero-order chi connectivity index (χ0) is 18.4. The molecule has 1 aliphatic heterocycles. The summed E-state index contributed by atoms with van der Waals surface area (Å²) < 4.78 is 26.2. The number of carbonyl (C=O) groups is 2. The van der Waals surface area contributed by atoms with E-state index < -0.39 is 10.0 Å². The second kappa shape index (κ2) is 8.44. The van der Waals surface area contributed by atoms with Gasteiger partial charge in [-0.05, 0) is 37.1 Å². The fraction of sp³-hybridized carbons (Fsp3) is 0.529. The highest BCUT2D eigenvalue weighted by atomic mass is 32.2. The Morgan fingerprint density at radius 3 is 2.16 bits per heavy atom. The Balaban J connectivity index is 1.99. The molecule has 1 aliphatic rings. The normalized spacial score (nSPS) is 14.8. The molecule has 1 N–H and O–H groups in total. The molecule has 138 valence electrons. The first-order valence-corrected chi connectivity index (χ1v) is 10.00. The molecule has 0 spiro atoms. The number of amides is 2. The average Bonchev–Trinajstić information content (AvgIpc) is 3.15. The van der Waals surface area contributed by atoms with Gasteiger partial charge in [-0.1, -0.05) is 13.8 Å². The Labute approximate surface area is 149 Å². The van der Waals surface area contributed by atoms with Crippen molar-refractivity contribution < 1.29 is 18.0 Å². The topological polar surface area (TPSA) is 86.8 Å². The van der Waals surface area contributed by atoms with Crippen molar-refractivity contribution in [2.75, 3.05) is 32.7 Å². The smallest absolute Gasteiger partial charge is 0.251 e. The van der Waals surface area contributed by atoms with Crippen LogP contribution in [0.15, 0.2) is 29.2 Å². The monoisotopic (exact) mass is 367 g/mol. The quantitative estimate of drug-likeness (QED) is 0.781. The summed E-state index contributed by atoms with van der Waals surface area (Å²) in [5, 5.41) is 2.59. The van der Waals surface area contributed by atoms with Crippen LogP contribution < -0.4 is 5.32 Å². The van der Waals surface area contributed by atoms with E-state index in [2.05, 4.69) is 5.32 Å². The minimum atomic E-state index is -3.54. The molecule has 25 heavy (non-hydrogen) atoms. The fourth-order valence-corrected chi connectivity index (χ4v) is 4.29. The predicted octanol–water partition coefficient (Wildman–Crippen LogP) is 1.07. The van der Waals surface area contributed by atoms with E-state index in [0.29, 0.717) is 18.7 Å². The number of likely N-dealkylation sites (tertiary alicyclic amines) is 1. The van der Waals surface area contributed by atoms with Crippen molar-refractivity contribution in [1.29, 1.82) is 0 Å². The van der Waals surface area contributed by atoms with Crippen molar-refractivity contribution in [3.63, 3.8) is 0 Å². The molecule has 2 amide bonds. The molecule has 7 nitrogen and oxygen atoms in total. The van der Waals surface area contributed by atoms with Crippen LogP contribution in [0.1, 0.15) is 37.0 Å². The molecule has 1 aromatic carbocycles. The van der Waals surface area contributed by atoms with Gasteiger partial charge in [0.05, 0.1) is 11.4 Å². The highest BCUT2D eigenvalue weighted by molar-refractivity contribution is 7.89. The lowest BCUT2D eigenvalue weighted by Crippen LogP contribution is -2.38. The number of rotatable bonds is 7. The van der Waals surface area contributed by atoms with Crippen molar-refractivity contribution in [3.05, 3.63) is 29.8 Å². The second-order valence-electron chi connectivity index (χ2n) is 5.88. The van der Waals surface area contributed by atoms with Gasteiger partial charge >= 0.3 is 0 Å². The number of nitrogens with one attached hydrogen (secondary N) is 1. The second-order valence-corrected chi connectivity index (χ2v) is 7.82. The number of benzene rings is 1. The maximum atomic E-state index is 12.4. The molecule has 0 aliphatic carbocycles. The van der Waals surface area contributed by atoms with E-state index in [0.717, 1.165) is 25.9 Å². The summed E-state index contributed by atoms with van der Waals surface area (Å²) in [4.78, 5) is 26.0. The standard InChI is InChI=1S/C17H25N3O4S/c1-3-20(4-2)25(23,24)15-9-7-14(8-10-15)17(22)18-13-16(21)19-11-5-6-12-19/h7-10H,3-6,11-13H2,1-2H3,(H,18,22). The molecular weight excluding hydrogens is 342 g/mol. The third-order valence-electron chi connectivity index (χ3n) is 4.32. The summed E-state index contributed by atoms with van der Waals surface area (Å²) in [7, 11) is -3.54. The van der Waals surface area contributed by atoms with E-state index in [9.17, 15) is 18.0 Å². The molecule has 8 heteroatoms. The zero-order valence-corrected chi connectivity index (χ0v) is 15.5. The molecule has 1 aromatic rings. The van der Waals surface area contributed by atoms with Gasteiger partial charge in [-0.3, -0.25) is 9.59 Å². The van der Waals surface area contributed by atoms with E-state index in [4.69, 9.17) is 0 Å². The van der Waals surface area contributed by atoms with Crippen molar-refractivity contribution in [2.24, 2.45) is 0 Å². The number of hydrogen-bond acceptors (Lipinski definition) is 4. The first kappa shape index (κ1) is 19.4. The van der Waals surface area contributed by atoms with Gasteiger partial charge in [0.15, 0.2) is 0 Å². The first-order valence-electron chi connectivity index (χ1n) is 8.56. The van der Waals surface area contributed by atoms with Gasteiger partial charge in [-0.2, -0.15) is 4.31 Å². The Morgan fingerprint density at radius 2 is 1.64 bits per heavy atom. The van der Waals surface area contributed by atoms with Crippen molar-refractivity contribution >= 4 is 21.8 Å². The summed E-state index contributed by atoms with van der Waals surface area (Å²) in [6.07, 6.45) is 2.00. The molecule has 0 bridgehead atoms. The summed E-state index contributed by atoms with van der Waals surface area (Å²) >= 11 is 0. The van der Waals surface area contributed by atoms with Crippen LogP contribution in [-0.2, 0) is 14.8 Å². The SMILES string of the molecule is CCN(CC)S(=O)(=O)c1ccc(C(=O)NCC(=O)N2CCCC2)cc1. The molecule has 0 aromatic heterocycles. The lowest BCUT2D eigenvalue weighted by molar-refractivity contribution is -0.129. The number of hydrogen-bond donors (Lipinski definition) is 1. The fourth-order valence-electron chi connectivity index (χ4n) is 2.83. The van der Waals surface area contributed by atoms with Gasteiger partial charge in [-0.25, -0.2) is 8.42 Å². The van der Waals surface area contributed by atoms with E-state index in [1.165, 1.54) is 28.6 Å². The first-order chi connectivity index (χ1) is 11.9. The van der Waals surface area contributed by atoms with E-state index >= 15 is 0 Å². The van der Waals surface area contributed by atoms with Crippen LogP contribution in [0.5, 0.6) is 0 Å². The number of carbonyl (C=O) groups excluding carboxylic acids is 2. The zero-order valence-electron chi connectivity index (χ0n) is 14.7. The summed E-state index contributed by atoms with van der Waals surface area (Å²) in [6, 6.07) is 5.77. The lowest BCUT2D eigenvalue weighted by Gasteiger charge is -2.18. The molecule has 1 saturated heterocycles. The van der Waals surface area contributed by atoms with Gasteiger partial charge < -0.3 is 10.2 Å². The minimum absolute atomic E-state index is 0.0433. The Morgan fingerprint density at radius 1 is 1.08 bits per heavy atom. The largest absolute Gasteiger partial charge is 0.343 e. The van der Waals surface area contributed by atoms with Crippen molar-refractivity contribution in [2.45, 2.75) is 31.6 Å². The van der Waals surface area contributed by atoms with Crippen LogP contribution >= 0.6 is 0 Å². The van der Waals surface area contributed by atoms with Crippen molar-refractivity contribution in [3.8, 4) is 0 Å². The summed E-state index contributed by atoms with van der Waals surface area (Å²) in [6.45, 7) is 5.78. The summed E-state index contributed by atoms with van der Waals surface area (Å²) in [5.74, 6) is -0.481. The third kappa shape index (κ3) is 4.58. The average molecular weight is 367 g/mol. The number of sulfonamides is 1. The van der Waals surface area contributed by atoms with Crippen LogP contribution in [-0.4, -0.2) is 62.2 Å². The molecule has 0 saturated carbocycles. The molecule has 1 heterocycles. The molecule has 1 fully saturated rings. The molecule has 0 atom stereocenters. The van der Waals surface area contributed by atoms with Gasteiger partial charge in [0.1, 0.15) is 0 Å². The van der Waals surface area contributed by atoms with Gasteiger partial charge in [0, 0.05) is 31.7 Å². The third-order valence-corrected chi connectivity index (χ3v) is 6.38. The van der Waals surface area contributed by atoms with Crippen LogP contribution in [0.25, 0.3) is 0 Å². The van der Waals surface area contributed by atoms with Gasteiger partial charge in [0.25, 0.3) is 5.91 Å². The predicted molar refractivity (Wildman–Crippen MR) is 94.7 cm³/mol. The van der Waals surface area contributed by atoms with Crippen LogP contribution in [0.3, 0.4) is 0 Å². The van der Waals surface area contributed by atoms with E-state index in [1.807, 2.05) is 0 Å². The Hall–Kier alpha value is -1.93. The highest BCUT2D eigenvalue weighted by Gasteiger charge is 2.22. The van der Waals surface area contributed by atoms with Crippen LogP contribution in [0.4, 0.5) is 0 Å².